The number of H-pyrrole nitrogens is 1. The number of hydrogen-bond acceptors (Lipinski definition) is 4. The number of aromatic amines is 1. The topological polar surface area (TPSA) is 81.3 Å². The maximum atomic E-state index is 12.8. The summed E-state index contributed by atoms with van der Waals surface area (Å²) in [6.45, 7) is 5.14. The van der Waals surface area contributed by atoms with Crippen LogP contribution in [-0.2, 0) is 0 Å². The van der Waals surface area contributed by atoms with Crippen LogP contribution >= 0.6 is 0 Å². The average Bonchev–Trinajstić information content (AvgIpc) is 3.18. The number of pyridine rings is 1. The lowest BCUT2D eigenvalue weighted by Gasteiger charge is -2.36. The number of fused-ring (bicyclic) bond motifs is 1. The van der Waals surface area contributed by atoms with Crippen LogP contribution < -0.4 is 10.2 Å². The monoisotopic (exact) mass is 377 g/mol. The van der Waals surface area contributed by atoms with Gasteiger partial charge in [0.15, 0.2) is 0 Å². The van der Waals surface area contributed by atoms with Crippen LogP contribution in [0.5, 0.6) is 0 Å². The number of aromatic nitrogens is 2. The van der Waals surface area contributed by atoms with Crippen LogP contribution in [0.1, 0.15) is 27.9 Å². The van der Waals surface area contributed by atoms with Crippen molar-refractivity contribution < 1.29 is 9.59 Å². The second-order valence-electron chi connectivity index (χ2n) is 6.81. The molecule has 1 aliphatic heterocycles. The summed E-state index contributed by atoms with van der Waals surface area (Å²) in [5.74, 6) is -0.148. The molecule has 1 saturated heterocycles. The van der Waals surface area contributed by atoms with E-state index in [1.807, 2.05) is 48.2 Å². The van der Waals surface area contributed by atoms with Crippen molar-refractivity contribution in [2.45, 2.75) is 6.92 Å². The minimum absolute atomic E-state index is 0.0218. The summed E-state index contributed by atoms with van der Waals surface area (Å²) in [6.07, 6.45) is 1.65. The molecule has 1 aromatic carbocycles. The smallest absolute Gasteiger partial charge is 0.270 e. The number of amides is 2. The van der Waals surface area contributed by atoms with E-state index in [1.165, 1.54) is 0 Å². The molecule has 2 amide bonds. The molecule has 4 rings (SSSR count). The van der Waals surface area contributed by atoms with Crippen molar-refractivity contribution in [1.29, 1.82) is 0 Å². The number of nitrogens with one attached hydrogen (secondary N) is 2. The van der Waals surface area contributed by atoms with Crippen LogP contribution in [0.3, 0.4) is 0 Å². The summed E-state index contributed by atoms with van der Waals surface area (Å²) in [7, 11) is 0. The van der Waals surface area contributed by atoms with Crippen LogP contribution in [0.15, 0.2) is 48.7 Å². The molecule has 2 N–H and O–H groups in total. The summed E-state index contributed by atoms with van der Waals surface area (Å²) >= 11 is 0. The fraction of sp³-hybridized carbons (Fsp3) is 0.286. The maximum Gasteiger partial charge on any atom is 0.270 e. The molecule has 3 aromatic rings. The highest BCUT2D eigenvalue weighted by Crippen LogP contribution is 2.20. The van der Waals surface area contributed by atoms with Crippen molar-refractivity contribution in [1.82, 2.24) is 20.2 Å². The van der Waals surface area contributed by atoms with E-state index >= 15 is 0 Å². The van der Waals surface area contributed by atoms with Gasteiger partial charge in [-0.15, -0.1) is 0 Å². The minimum atomic E-state index is -0.169. The van der Waals surface area contributed by atoms with Gasteiger partial charge in [0.1, 0.15) is 11.4 Å². The van der Waals surface area contributed by atoms with Crippen LogP contribution in [-0.4, -0.2) is 59.4 Å². The van der Waals surface area contributed by atoms with Crippen LogP contribution in [0, 0.1) is 0 Å². The van der Waals surface area contributed by atoms with E-state index in [1.54, 1.807) is 12.3 Å². The molecular formula is C21H23N5O2. The van der Waals surface area contributed by atoms with E-state index in [0.29, 0.717) is 44.1 Å². The fourth-order valence-corrected chi connectivity index (χ4v) is 3.52. The molecule has 0 radical (unpaired) electrons. The molecule has 7 nitrogen and oxygen atoms in total. The maximum absolute atomic E-state index is 12.8. The summed E-state index contributed by atoms with van der Waals surface area (Å²) in [5, 5.41) is 3.81. The van der Waals surface area contributed by atoms with Gasteiger partial charge in [-0.2, -0.15) is 0 Å². The molecule has 2 aromatic heterocycles. The molecule has 0 saturated carbocycles. The van der Waals surface area contributed by atoms with Crippen molar-refractivity contribution >= 4 is 28.4 Å². The Bertz CT molecular complexity index is 972. The molecule has 1 fully saturated rings. The number of anilines is 1. The van der Waals surface area contributed by atoms with Crippen molar-refractivity contribution in [2.75, 3.05) is 37.6 Å². The highest BCUT2D eigenvalue weighted by molar-refractivity contribution is 5.98. The number of para-hydroxylation sites is 1. The van der Waals surface area contributed by atoms with E-state index in [-0.39, 0.29) is 11.8 Å². The summed E-state index contributed by atoms with van der Waals surface area (Å²) < 4.78 is 0. The predicted molar refractivity (Wildman–Crippen MR) is 109 cm³/mol. The fourth-order valence-electron chi connectivity index (χ4n) is 3.52. The van der Waals surface area contributed by atoms with Crippen molar-refractivity contribution in [3.8, 4) is 0 Å². The molecule has 144 valence electrons. The lowest BCUT2D eigenvalue weighted by atomic mass is 10.2. The van der Waals surface area contributed by atoms with Gasteiger partial charge in [-0.1, -0.05) is 18.2 Å². The molecule has 0 spiro atoms. The third kappa shape index (κ3) is 3.55. The summed E-state index contributed by atoms with van der Waals surface area (Å²) in [5.41, 5.74) is 2.96. The van der Waals surface area contributed by atoms with Gasteiger partial charge in [-0.3, -0.25) is 14.6 Å². The Morgan fingerprint density at radius 3 is 2.64 bits per heavy atom. The first kappa shape index (κ1) is 18.0. The lowest BCUT2D eigenvalue weighted by molar-refractivity contribution is 0.0741. The molecule has 0 atom stereocenters. The SMILES string of the molecule is CCNC(=O)c1cc(N2CCN(C(=O)c3cc4ccccc4[nH]3)CC2)ccn1. The Morgan fingerprint density at radius 1 is 1.11 bits per heavy atom. The Labute approximate surface area is 163 Å². The third-order valence-corrected chi connectivity index (χ3v) is 5.01. The Hall–Kier alpha value is -3.35. The van der Waals surface area contributed by atoms with Gasteiger partial charge in [-0.25, -0.2) is 0 Å². The van der Waals surface area contributed by atoms with Crippen molar-refractivity contribution in [3.63, 3.8) is 0 Å². The second-order valence-corrected chi connectivity index (χ2v) is 6.81. The summed E-state index contributed by atoms with van der Waals surface area (Å²) in [4.78, 5) is 36.3. The first-order valence-corrected chi connectivity index (χ1v) is 9.52. The van der Waals surface area contributed by atoms with Crippen LogP contribution in [0.25, 0.3) is 10.9 Å². The van der Waals surface area contributed by atoms with Gasteiger partial charge in [0.25, 0.3) is 11.8 Å². The van der Waals surface area contributed by atoms with E-state index in [2.05, 4.69) is 20.2 Å². The number of piperazine rings is 1. The molecule has 0 unspecified atom stereocenters. The average molecular weight is 377 g/mol. The number of carbonyl (C=O) groups is 2. The predicted octanol–water partition coefficient (Wildman–Crippen LogP) is 2.28. The van der Waals surface area contributed by atoms with Gasteiger partial charge in [0.05, 0.1) is 0 Å². The van der Waals surface area contributed by atoms with Crippen molar-refractivity contribution in [3.05, 3.63) is 60.0 Å². The second kappa shape index (κ2) is 7.72. The number of nitrogens with zero attached hydrogens (tertiary/aromatic N) is 3. The standard InChI is InChI=1S/C21H23N5O2/c1-2-22-20(27)18-14-16(7-8-23-18)25-9-11-26(12-10-25)21(28)19-13-15-5-3-4-6-17(15)24-19/h3-8,13-14,24H,2,9-12H2,1H3,(H,22,27). The normalized spacial score (nSPS) is 14.3. The molecule has 0 bridgehead atoms. The lowest BCUT2D eigenvalue weighted by Crippen LogP contribution is -2.49. The number of hydrogen-bond donors (Lipinski definition) is 2. The van der Waals surface area contributed by atoms with Crippen molar-refractivity contribution in [2.24, 2.45) is 0 Å². The van der Waals surface area contributed by atoms with Gasteiger partial charge in [-0.05, 0) is 31.2 Å². The molecule has 3 heterocycles. The Balaban J connectivity index is 1.42. The van der Waals surface area contributed by atoms with E-state index in [4.69, 9.17) is 0 Å². The van der Waals surface area contributed by atoms with Gasteiger partial charge in [0.2, 0.25) is 0 Å². The largest absolute Gasteiger partial charge is 0.368 e. The highest BCUT2D eigenvalue weighted by atomic mass is 16.2. The zero-order valence-electron chi connectivity index (χ0n) is 15.8. The molecule has 0 aliphatic carbocycles. The van der Waals surface area contributed by atoms with Crippen LogP contribution in [0.2, 0.25) is 0 Å². The number of carbonyl (C=O) groups excluding carboxylic acids is 2. The third-order valence-electron chi connectivity index (χ3n) is 5.01. The quantitative estimate of drug-likeness (QED) is 0.731. The molecule has 7 heteroatoms. The van der Waals surface area contributed by atoms with E-state index in [9.17, 15) is 9.59 Å². The van der Waals surface area contributed by atoms with E-state index in [0.717, 1.165) is 16.6 Å². The number of rotatable bonds is 4. The zero-order valence-corrected chi connectivity index (χ0v) is 15.8. The van der Waals surface area contributed by atoms with Gasteiger partial charge in [0, 0.05) is 55.5 Å². The summed E-state index contributed by atoms with van der Waals surface area (Å²) in [6, 6.07) is 13.5. The molecular weight excluding hydrogens is 354 g/mol. The van der Waals surface area contributed by atoms with E-state index < -0.39 is 0 Å². The number of benzene rings is 1. The van der Waals surface area contributed by atoms with Gasteiger partial charge < -0.3 is 20.1 Å². The molecule has 1 aliphatic rings. The minimum Gasteiger partial charge on any atom is -0.368 e. The zero-order chi connectivity index (χ0) is 19.5. The first-order chi connectivity index (χ1) is 13.7. The highest BCUT2D eigenvalue weighted by Gasteiger charge is 2.24. The Morgan fingerprint density at radius 2 is 1.89 bits per heavy atom. The Kier molecular flexibility index (Phi) is 4.97. The molecule has 28 heavy (non-hydrogen) atoms. The first-order valence-electron chi connectivity index (χ1n) is 9.52. The van der Waals surface area contributed by atoms with Gasteiger partial charge >= 0.3 is 0 Å². The van der Waals surface area contributed by atoms with Crippen LogP contribution in [0.4, 0.5) is 5.69 Å².